The lowest BCUT2D eigenvalue weighted by Crippen LogP contribution is -2.69. The molecule has 1 aromatic heterocycles. The summed E-state index contributed by atoms with van der Waals surface area (Å²) in [5, 5.41) is 24.8. The number of thioether (sulfide) groups is 1. The van der Waals surface area contributed by atoms with Crippen LogP contribution in [0.4, 0.5) is 4.39 Å². The molecule has 0 bridgehead atoms. The van der Waals surface area contributed by atoms with Crippen LogP contribution >= 0.6 is 11.8 Å². The molecule has 4 aliphatic carbocycles. The minimum Gasteiger partial charge on any atom is -0.390 e. The van der Waals surface area contributed by atoms with Crippen LogP contribution in [-0.2, 0) is 51.1 Å². The average Bonchev–Trinajstić information content (AvgIpc) is 3.79. The predicted molar refractivity (Wildman–Crippen MR) is 247 cm³/mol. The van der Waals surface area contributed by atoms with E-state index in [1.807, 2.05) is 56.5 Å². The summed E-state index contributed by atoms with van der Waals surface area (Å²) in [6.45, 7) is 10.0. The van der Waals surface area contributed by atoms with Crippen molar-refractivity contribution in [2.45, 2.75) is 153 Å². The third kappa shape index (κ3) is 8.85. The molecule has 1 aliphatic heterocycles. The zero-order valence-corrected chi connectivity index (χ0v) is 40.0. The van der Waals surface area contributed by atoms with Crippen molar-refractivity contribution < 1.29 is 52.8 Å². The second kappa shape index (κ2) is 19.4. The third-order valence-corrected chi connectivity index (χ3v) is 17.0. The first-order chi connectivity index (χ1) is 31.2. The topological polar surface area (TPSA) is 186 Å². The fourth-order valence-corrected chi connectivity index (χ4v) is 12.3. The number of alkyl halides is 1. The molecule has 14 heteroatoms. The van der Waals surface area contributed by atoms with Crippen molar-refractivity contribution in [1.29, 1.82) is 0 Å². The van der Waals surface area contributed by atoms with Gasteiger partial charge in [0.2, 0.25) is 5.91 Å². The fraction of sp³-hybridized carbons (Fsp3) is 0.596. The number of carbonyl (C=O) groups is 6. The molecule has 66 heavy (non-hydrogen) atoms. The first kappa shape index (κ1) is 49.7. The van der Waals surface area contributed by atoms with Crippen molar-refractivity contribution in [3.05, 3.63) is 88.8 Å². The minimum atomic E-state index is -2.08. The predicted octanol–water partition coefficient (Wildman–Crippen LogP) is 6.83. The summed E-state index contributed by atoms with van der Waals surface area (Å²) in [4.78, 5) is 81.3. The number of halogens is 1. The van der Waals surface area contributed by atoms with Gasteiger partial charge in [0.05, 0.1) is 23.5 Å². The van der Waals surface area contributed by atoms with Gasteiger partial charge < -0.3 is 25.0 Å². The zero-order chi connectivity index (χ0) is 47.9. The van der Waals surface area contributed by atoms with E-state index in [0.29, 0.717) is 49.7 Å². The van der Waals surface area contributed by atoms with Crippen LogP contribution in [0, 0.1) is 28.6 Å². The Kier molecular flexibility index (Phi) is 14.6. The van der Waals surface area contributed by atoms with Gasteiger partial charge in [-0.1, -0.05) is 62.8 Å². The average molecular weight is 929 g/mol. The number of allylic oxidation sites excluding steroid dienone is 4. The number of aliphatic hydroxyl groups is 2. The molecule has 2 aromatic rings. The van der Waals surface area contributed by atoms with E-state index < -0.39 is 76.8 Å². The summed E-state index contributed by atoms with van der Waals surface area (Å²) in [7, 11) is 0. The summed E-state index contributed by atoms with van der Waals surface area (Å²) in [6, 6.07) is 10.7. The number of benzene rings is 1. The Morgan fingerprint density at radius 3 is 2.39 bits per heavy atom. The smallest absolute Gasteiger partial charge is 0.223 e. The van der Waals surface area contributed by atoms with E-state index in [4.69, 9.17) is 14.5 Å². The van der Waals surface area contributed by atoms with Crippen LogP contribution < -0.4 is 5.32 Å². The molecule has 1 unspecified atom stereocenters. The van der Waals surface area contributed by atoms with Crippen molar-refractivity contribution in [3.63, 3.8) is 0 Å². The van der Waals surface area contributed by atoms with E-state index in [1.165, 1.54) is 23.9 Å². The number of rotatable bonds is 19. The summed E-state index contributed by atoms with van der Waals surface area (Å²) in [5.74, 6) is -2.82. The van der Waals surface area contributed by atoms with Crippen LogP contribution in [0.5, 0.6) is 0 Å². The van der Waals surface area contributed by atoms with Crippen molar-refractivity contribution >= 4 is 46.6 Å². The van der Waals surface area contributed by atoms with Crippen molar-refractivity contribution in [1.82, 2.24) is 10.3 Å². The van der Waals surface area contributed by atoms with E-state index in [9.17, 15) is 39.0 Å². The van der Waals surface area contributed by atoms with Crippen LogP contribution in [-0.4, -0.2) is 97.7 Å². The molecule has 3 saturated carbocycles. The third-order valence-electron chi connectivity index (χ3n) is 16.0. The van der Waals surface area contributed by atoms with Crippen LogP contribution in [0.1, 0.15) is 128 Å². The van der Waals surface area contributed by atoms with Gasteiger partial charge in [-0.15, -0.1) is 0 Å². The number of ether oxygens (including phenoxy) is 2. The molecular formula is C52H65FN2O10S. The van der Waals surface area contributed by atoms with Gasteiger partial charge in [-0.25, -0.2) is 4.39 Å². The Labute approximate surface area is 391 Å². The molecule has 0 spiro atoms. The quantitative estimate of drug-likeness (QED) is 0.134. The van der Waals surface area contributed by atoms with Crippen molar-refractivity contribution in [2.75, 3.05) is 12.9 Å². The Hall–Kier alpha value is -4.21. The first-order valence-electron chi connectivity index (χ1n) is 23.4. The van der Waals surface area contributed by atoms with Crippen LogP contribution in [0.3, 0.4) is 0 Å². The Bertz CT molecular complexity index is 2280. The van der Waals surface area contributed by atoms with Gasteiger partial charge in [0, 0.05) is 65.8 Å². The Morgan fingerprint density at radius 2 is 1.73 bits per heavy atom. The molecule has 7 rings (SSSR count). The van der Waals surface area contributed by atoms with Crippen molar-refractivity contribution in [3.8, 4) is 0 Å². The number of aromatic nitrogens is 1. The zero-order valence-electron chi connectivity index (χ0n) is 39.1. The second-order valence-electron chi connectivity index (χ2n) is 20.0. The summed E-state index contributed by atoms with van der Waals surface area (Å²) in [6.07, 6.45) is 7.67. The molecule has 12 nitrogen and oxygen atoms in total. The number of hydrogen-bond acceptors (Lipinski definition) is 12. The van der Waals surface area contributed by atoms with E-state index in [-0.39, 0.29) is 65.9 Å². The van der Waals surface area contributed by atoms with E-state index in [0.717, 1.165) is 16.8 Å². The fourth-order valence-electron chi connectivity index (χ4n) is 11.9. The highest BCUT2D eigenvalue weighted by atomic mass is 32.2. The lowest BCUT2D eigenvalue weighted by molar-refractivity contribution is -0.231. The maximum absolute atomic E-state index is 17.7. The number of amides is 1. The Morgan fingerprint density at radius 1 is 1.00 bits per heavy atom. The second-order valence-corrected chi connectivity index (χ2v) is 21.2. The molecule has 5 aliphatic rings. The number of carbonyl (C=O) groups excluding carboxylic acids is 6. The molecule has 0 radical (unpaired) electrons. The maximum atomic E-state index is 17.7. The maximum Gasteiger partial charge on any atom is 0.223 e. The summed E-state index contributed by atoms with van der Waals surface area (Å²) >= 11 is 1.48. The summed E-state index contributed by atoms with van der Waals surface area (Å²) in [5.41, 5.74) is -2.04. The molecule has 1 amide bonds. The lowest BCUT2D eigenvalue weighted by Gasteiger charge is -2.62. The van der Waals surface area contributed by atoms with Gasteiger partial charge in [-0.3, -0.25) is 33.8 Å². The number of aliphatic hydroxyl groups excluding tert-OH is 2. The highest BCUT2D eigenvalue weighted by Gasteiger charge is 2.79. The first-order valence-corrected chi connectivity index (χ1v) is 24.7. The minimum absolute atomic E-state index is 0.0530. The van der Waals surface area contributed by atoms with Gasteiger partial charge in [0.15, 0.2) is 34.9 Å². The molecule has 3 N–H and O–H groups in total. The van der Waals surface area contributed by atoms with Crippen LogP contribution in [0.25, 0.3) is 0 Å². The number of nitrogens with zero attached hydrogens (tertiary/aromatic N) is 1. The standard InChI is InChI=1S/C52H65FN2O10S/c1-29(34-13-11-33(12-14-34)23-43(60)31(3)55-47(63)30(2)22-38(57)9-8-10-42(59)32(4)66-7)21-37-17-15-35(27-54-37)48-64-46-25-41-40-18-16-36-24-39(58)19-20-49(36,5)51(40,53)44(61)26-50(41,6)52(46,65-48)45(62)28-56/h11-15,17,19-20,24,27,29-32,40-41,44,46,48,56,61H,8-10,16,18,21-23,25-26,28H2,1-7H3,(H,55,63)/t29-,30-,31+,32?,40+,41+,44+,46-,48-,49+,50+,51+,52-/m1/s1. The highest BCUT2D eigenvalue weighted by molar-refractivity contribution is 7.99. The largest absolute Gasteiger partial charge is 0.390 e. The van der Waals surface area contributed by atoms with E-state index >= 15 is 4.39 Å². The molecule has 2 heterocycles. The summed E-state index contributed by atoms with van der Waals surface area (Å²) < 4.78 is 30.9. The molecule has 13 atom stereocenters. The molecule has 356 valence electrons. The number of Topliss-reactive ketones (excluding diaryl/α,β-unsaturated/α-hetero) is 4. The van der Waals surface area contributed by atoms with Crippen LogP contribution in [0.15, 0.2) is 66.4 Å². The van der Waals surface area contributed by atoms with E-state index in [1.54, 1.807) is 33.0 Å². The Balaban J connectivity index is 0.925. The van der Waals surface area contributed by atoms with Gasteiger partial charge in [-0.05, 0) is 107 Å². The normalized spacial score (nSPS) is 32.7. The lowest BCUT2D eigenvalue weighted by atomic mass is 9.44. The number of nitrogens with one attached hydrogen (secondary N) is 1. The van der Waals surface area contributed by atoms with E-state index in [2.05, 4.69) is 12.2 Å². The van der Waals surface area contributed by atoms with Gasteiger partial charge in [-0.2, -0.15) is 11.8 Å². The van der Waals surface area contributed by atoms with Gasteiger partial charge >= 0.3 is 0 Å². The number of fused-ring (bicyclic) bond motifs is 7. The molecule has 1 aromatic carbocycles. The monoisotopic (exact) mass is 928 g/mol. The number of ketones is 5. The van der Waals surface area contributed by atoms with Crippen LogP contribution in [0.2, 0.25) is 0 Å². The number of hydrogen-bond donors (Lipinski definition) is 3. The molecule has 4 fully saturated rings. The van der Waals surface area contributed by atoms with Gasteiger partial charge in [0.25, 0.3) is 0 Å². The number of pyridine rings is 1. The van der Waals surface area contributed by atoms with Gasteiger partial charge in [0.1, 0.15) is 18.2 Å². The highest BCUT2D eigenvalue weighted by Crippen LogP contribution is 2.72. The SMILES string of the molecule is CSC(C)C(=O)CCCC(=O)C[C@@H](C)C(=O)N[C@@H](C)C(=O)Cc1ccc([C@H](C)Cc2ccc([C@@H]3O[C@@H]4C[C@H]5[C@@H]6CCC7=CC(=O)C=C[C@]7(C)[C@@]6(F)[C@@H](O)C[C@]5(C)[C@]4(C(=O)CO)O3)cn2)cc1. The van der Waals surface area contributed by atoms with Crippen molar-refractivity contribution in [2.24, 2.45) is 28.6 Å². The molecular weight excluding hydrogens is 864 g/mol. The molecule has 1 saturated heterocycles.